The standard InChI is InChI=1S/C22H28O4S/c1-26-21(24)15-19(23)16-22(25,18-11-4-5-12-18)14-8-7-10-17-9-3-6-13-20(17)27-2/h3,6,9,13,18,25H,4-5,8,11-12,14-16H2,1-2H3. The van der Waals surface area contributed by atoms with Gasteiger partial charge in [-0.25, -0.2) is 0 Å². The molecule has 1 saturated carbocycles. The van der Waals surface area contributed by atoms with Crippen molar-refractivity contribution in [1.82, 2.24) is 0 Å². The second-order valence-corrected chi connectivity index (χ2v) is 7.90. The van der Waals surface area contributed by atoms with Crippen LogP contribution in [-0.4, -0.2) is 35.8 Å². The van der Waals surface area contributed by atoms with E-state index >= 15 is 0 Å². The Bertz CT molecular complexity index is 713. The highest BCUT2D eigenvalue weighted by molar-refractivity contribution is 7.98. The molecule has 0 amide bonds. The van der Waals surface area contributed by atoms with Gasteiger partial charge in [0.25, 0.3) is 0 Å². The Balaban J connectivity index is 2.03. The van der Waals surface area contributed by atoms with Gasteiger partial charge < -0.3 is 9.84 Å². The molecule has 1 N–H and O–H groups in total. The van der Waals surface area contributed by atoms with Crippen LogP contribution < -0.4 is 0 Å². The van der Waals surface area contributed by atoms with Gasteiger partial charge in [-0.15, -0.1) is 11.8 Å². The summed E-state index contributed by atoms with van der Waals surface area (Å²) < 4.78 is 4.56. The van der Waals surface area contributed by atoms with Gasteiger partial charge in [0.1, 0.15) is 12.2 Å². The van der Waals surface area contributed by atoms with Crippen LogP contribution in [0.2, 0.25) is 0 Å². The molecule has 0 bridgehead atoms. The summed E-state index contributed by atoms with van der Waals surface area (Å²) in [5, 5.41) is 11.2. The van der Waals surface area contributed by atoms with E-state index in [0.717, 1.165) is 36.1 Å². The smallest absolute Gasteiger partial charge is 0.313 e. The first-order valence-electron chi connectivity index (χ1n) is 9.41. The number of aliphatic hydroxyl groups is 1. The summed E-state index contributed by atoms with van der Waals surface area (Å²) in [5.74, 6) is 5.61. The average Bonchev–Trinajstić information content (AvgIpc) is 3.21. The molecule has 0 aromatic heterocycles. The third-order valence-corrected chi connectivity index (χ3v) is 6.00. The molecule has 4 nitrogen and oxygen atoms in total. The number of hydrogen-bond acceptors (Lipinski definition) is 5. The Kier molecular flexibility index (Phi) is 8.40. The number of esters is 1. The van der Waals surface area contributed by atoms with Crippen LogP contribution in [0.15, 0.2) is 29.2 Å². The van der Waals surface area contributed by atoms with Crippen LogP contribution in [0.4, 0.5) is 0 Å². The molecule has 146 valence electrons. The molecule has 0 saturated heterocycles. The van der Waals surface area contributed by atoms with Gasteiger partial charge in [-0.2, -0.15) is 0 Å². The Morgan fingerprint density at radius 2 is 2.00 bits per heavy atom. The van der Waals surface area contributed by atoms with Gasteiger partial charge in [0.05, 0.1) is 12.7 Å². The summed E-state index contributed by atoms with van der Waals surface area (Å²) in [5.41, 5.74) is -0.105. The average molecular weight is 389 g/mol. The van der Waals surface area contributed by atoms with E-state index in [-0.39, 0.29) is 24.5 Å². The van der Waals surface area contributed by atoms with E-state index in [1.54, 1.807) is 11.8 Å². The van der Waals surface area contributed by atoms with Crippen molar-refractivity contribution in [2.24, 2.45) is 5.92 Å². The lowest BCUT2D eigenvalue weighted by Crippen LogP contribution is -2.39. The first-order chi connectivity index (χ1) is 13.0. The molecule has 1 atom stereocenters. The zero-order valence-electron chi connectivity index (χ0n) is 16.1. The molecule has 1 aromatic rings. The Morgan fingerprint density at radius 3 is 2.67 bits per heavy atom. The quantitative estimate of drug-likeness (QED) is 0.316. The van der Waals surface area contributed by atoms with E-state index in [0.29, 0.717) is 12.8 Å². The second-order valence-electron chi connectivity index (χ2n) is 7.06. The van der Waals surface area contributed by atoms with Crippen LogP contribution in [0.25, 0.3) is 0 Å². The van der Waals surface area contributed by atoms with Crippen molar-refractivity contribution < 1.29 is 19.4 Å². The molecular formula is C22H28O4S. The van der Waals surface area contributed by atoms with Crippen molar-refractivity contribution in [3.63, 3.8) is 0 Å². The molecule has 5 heteroatoms. The lowest BCUT2D eigenvalue weighted by Gasteiger charge is -2.33. The van der Waals surface area contributed by atoms with Gasteiger partial charge in [0, 0.05) is 23.3 Å². The van der Waals surface area contributed by atoms with Crippen LogP contribution in [0.1, 0.15) is 56.9 Å². The number of carbonyl (C=O) groups excluding carboxylic acids is 2. The maximum atomic E-state index is 12.2. The first kappa shape index (κ1) is 21.5. The maximum Gasteiger partial charge on any atom is 0.313 e. The second kappa shape index (κ2) is 10.5. The van der Waals surface area contributed by atoms with Crippen molar-refractivity contribution in [3.8, 4) is 11.8 Å². The van der Waals surface area contributed by atoms with Crippen LogP contribution in [0, 0.1) is 17.8 Å². The van der Waals surface area contributed by atoms with Gasteiger partial charge in [-0.3, -0.25) is 9.59 Å². The number of ether oxygens (including phenoxy) is 1. The fourth-order valence-corrected chi connectivity index (χ4v) is 4.28. The van der Waals surface area contributed by atoms with Crippen molar-refractivity contribution in [3.05, 3.63) is 29.8 Å². The minimum Gasteiger partial charge on any atom is -0.469 e. The third-order valence-electron chi connectivity index (χ3n) is 5.20. The molecule has 0 aliphatic heterocycles. The van der Waals surface area contributed by atoms with Crippen molar-refractivity contribution in [2.75, 3.05) is 13.4 Å². The lowest BCUT2D eigenvalue weighted by molar-refractivity contribution is -0.144. The summed E-state index contributed by atoms with van der Waals surface area (Å²) in [4.78, 5) is 24.7. The van der Waals surface area contributed by atoms with Crippen molar-refractivity contribution in [1.29, 1.82) is 0 Å². The van der Waals surface area contributed by atoms with E-state index in [1.165, 1.54) is 7.11 Å². The van der Waals surface area contributed by atoms with E-state index in [1.807, 2.05) is 30.5 Å². The Labute approximate surface area is 166 Å². The first-order valence-corrected chi connectivity index (χ1v) is 10.6. The molecule has 0 radical (unpaired) electrons. The predicted octanol–water partition coefficient (Wildman–Crippen LogP) is 3.98. The minimum absolute atomic E-state index is 0.00412. The van der Waals surface area contributed by atoms with Crippen LogP contribution in [0.3, 0.4) is 0 Å². The van der Waals surface area contributed by atoms with Gasteiger partial charge in [-0.05, 0) is 43.6 Å². The van der Waals surface area contributed by atoms with Crippen LogP contribution in [-0.2, 0) is 14.3 Å². The number of thioether (sulfide) groups is 1. The topological polar surface area (TPSA) is 63.6 Å². The van der Waals surface area contributed by atoms with Gasteiger partial charge in [0.2, 0.25) is 0 Å². The Hall–Kier alpha value is -1.77. The van der Waals surface area contributed by atoms with E-state index in [9.17, 15) is 14.7 Å². The third kappa shape index (κ3) is 6.41. The molecule has 0 heterocycles. The number of rotatable bonds is 8. The Morgan fingerprint density at radius 1 is 1.30 bits per heavy atom. The number of hydrogen-bond donors (Lipinski definition) is 1. The number of methoxy groups -OCH3 is 1. The molecule has 2 rings (SSSR count). The zero-order chi connectivity index (χ0) is 19.7. The van der Waals surface area contributed by atoms with Gasteiger partial charge >= 0.3 is 5.97 Å². The summed E-state index contributed by atoms with van der Waals surface area (Å²) >= 11 is 1.66. The predicted molar refractivity (Wildman–Crippen MR) is 107 cm³/mol. The molecule has 1 fully saturated rings. The number of benzene rings is 1. The highest BCUT2D eigenvalue weighted by Gasteiger charge is 2.39. The SMILES string of the molecule is COC(=O)CC(=O)CC(O)(CCC#Cc1ccccc1SC)C1CCCC1. The van der Waals surface area contributed by atoms with Gasteiger partial charge in [0.15, 0.2) is 0 Å². The maximum absolute atomic E-state index is 12.2. The van der Waals surface area contributed by atoms with E-state index in [2.05, 4.69) is 16.6 Å². The largest absolute Gasteiger partial charge is 0.469 e. The van der Waals surface area contributed by atoms with E-state index < -0.39 is 11.6 Å². The van der Waals surface area contributed by atoms with Crippen LogP contribution >= 0.6 is 11.8 Å². The number of Topliss-reactive ketones (excluding diaryl/α,β-unsaturated/α-hetero) is 1. The molecule has 1 aliphatic carbocycles. The monoisotopic (exact) mass is 388 g/mol. The fraction of sp³-hybridized carbons (Fsp3) is 0.545. The fourth-order valence-electron chi connectivity index (χ4n) is 3.72. The minimum atomic E-state index is -1.09. The molecule has 0 spiro atoms. The molecule has 1 unspecified atom stereocenters. The van der Waals surface area contributed by atoms with E-state index in [4.69, 9.17) is 0 Å². The molecule has 1 aliphatic rings. The lowest BCUT2D eigenvalue weighted by atomic mass is 9.78. The van der Waals surface area contributed by atoms with Crippen molar-refractivity contribution >= 4 is 23.5 Å². The highest BCUT2D eigenvalue weighted by Crippen LogP contribution is 2.39. The van der Waals surface area contributed by atoms with Crippen LogP contribution in [0.5, 0.6) is 0 Å². The summed E-state index contributed by atoms with van der Waals surface area (Å²) in [6.45, 7) is 0. The molecule has 27 heavy (non-hydrogen) atoms. The summed E-state index contributed by atoms with van der Waals surface area (Å²) in [7, 11) is 1.26. The number of carbonyl (C=O) groups is 2. The normalized spacial score (nSPS) is 16.3. The highest BCUT2D eigenvalue weighted by atomic mass is 32.2. The van der Waals surface area contributed by atoms with Crippen molar-refractivity contribution in [2.45, 2.75) is 61.9 Å². The molecule has 1 aromatic carbocycles. The summed E-state index contributed by atoms with van der Waals surface area (Å²) in [6.07, 6.45) is 6.69. The molecular weight excluding hydrogens is 360 g/mol. The van der Waals surface area contributed by atoms with Gasteiger partial charge in [-0.1, -0.05) is 36.8 Å². The number of ketones is 1. The zero-order valence-corrected chi connectivity index (χ0v) is 16.9. The summed E-state index contributed by atoms with van der Waals surface area (Å²) in [6, 6.07) is 7.98.